The molecule has 0 aliphatic carbocycles. The Morgan fingerprint density at radius 3 is 1.59 bits per heavy atom. The minimum atomic E-state index is -1.67. The molecule has 9 rings (SSSR count). The van der Waals surface area contributed by atoms with Crippen molar-refractivity contribution in [3.63, 3.8) is 0 Å². The van der Waals surface area contributed by atoms with Gasteiger partial charge in [-0.05, 0) is 123 Å². The summed E-state index contributed by atoms with van der Waals surface area (Å²) in [4.78, 5) is 0. The highest BCUT2D eigenvalue weighted by Gasteiger charge is 2.32. The number of rotatable bonds is 6. The summed E-state index contributed by atoms with van der Waals surface area (Å²) in [5.74, 6) is 5.61. The van der Waals surface area contributed by atoms with Crippen molar-refractivity contribution in [2.24, 2.45) is 0 Å². The van der Waals surface area contributed by atoms with Gasteiger partial charge < -0.3 is 0 Å². The van der Waals surface area contributed by atoms with Gasteiger partial charge in [-0.25, -0.2) is 0 Å². The second kappa shape index (κ2) is 15.4. The largest absolute Gasteiger partial charge is 0.0648 e. The monoisotopic (exact) mass is 714 g/mol. The van der Waals surface area contributed by atoms with Crippen LogP contribution in [0.4, 0.5) is 0 Å². The number of hydrogen-bond donors (Lipinski definition) is 0. The second-order valence-corrected chi connectivity index (χ2v) is 17.8. The Balaban J connectivity index is 0.000000204. The Bertz CT molecular complexity index is 2530. The molecule has 0 nitrogen and oxygen atoms in total. The van der Waals surface area contributed by atoms with Gasteiger partial charge in [0.05, 0.1) is 0 Å². The first-order valence-corrected chi connectivity index (χ1v) is 21.1. The van der Waals surface area contributed by atoms with Gasteiger partial charge in [-0.1, -0.05) is 201 Å². The third-order valence-electron chi connectivity index (χ3n) is 11.2. The van der Waals surface area contributed by atoms with Crippen LogP contribution in [0.25, 0.3) is 50.1 Å². The van der Waals surface area contributed by atoms with E-state index in [0.717, 1.165) is 0 Å². The molecule has 0 aromatic heterocycles. The molecule has 0 bridgehead atoms. The molecule has 7 aromatic carbocycles. The van der Waals surface area contributed by atoms with Gasteiger partial charge in [-0.15, -0.1) is 0 Å². The minimum absolute atomic E-state index is 0.616. The third-order valence-corrected chi connectivity index (χ3v) is 14.8. The fourth-order valence-corrected chi connectivity index (χ4v) is 11.6. The lowest BCUT2D eigenvalue weighted by molar-refractivity contribution is 0.735. The number of benzene rings is 7. The SMILES string of the molecule is CCC(C)c1ccccc1-c1ccccc1C.Cc1ccc(-c2cccc(-c3cccc(C4=CC=P5(C=C4)c4ccccc4-c4ccccc45)c3)c2)cc1. The van der Waals surface area contributed by atoms with Crippen LogP contribution in [0.15, 0.2) is 188 Å². The van der Waals surface area contributed by atoms with Gasteiger partial charge in [0, 0.05) is 0 Å². The van der Waals surface area contributed by atoms with Crippen LogP contribution in [0.5, 0.6) is 0 Å². The quantitative estimate of drug-likeness (QED) is 0.150. The molecule has 1 heteroatoms. The van der Waals surface area contributed by atoms with E-state index in [1.165, 1.54) is 89.4 Å². The molecule has 264 valence electrons. The van der Waals surface area contributed by atoms with E-state index in [9.17, 15) is 0 Å². The fraction of sp³-hybridized carbons (Fsp3) is 0.113. The smallest absolute Gasteiger partial charge is 0.00870 e. The van der Waals surface area contributed by atoms with Crippen molar-refractivity contribution in [2.75, 3.05) is 0 Å². The average Bonchev–Trinajstić information content (AvgIpc) is 3.50. The van der Waals surface area contributed by atoms with Crippen molar-refractivity contribution in [3.8, 4) is 44.5 Å². The first-order chi connectivity index (χ1) is 26.4. The first-order valence-electron chi connectivity index (χ1n) is 19.2. The minimum Gasteiger partial charge on any atom is -0.0648 e. The highest BCUT2D eigenvalue weighted by molar-refractivity contribution is 7.92. The lowest BCUT2D eigenvalue weighted by Gasteiger charge is -2.22. The van der Waals surface area contributed by atoms with Crippen LogP contribution < -0.4 is 10.6 Å². The van der Waals surface area contributed by atoms with E-state index in [1.54, 1.807) is 0 Å². The normalized spacial score (nSPS) is 13.9. The molecule has 2 aliphatic heterocycles. The van der Waals surface area contributed by atoms with Gasteiger partial charge >= 0.3 is 0 Å². The molecule has 0 amide bonds. The van der Waals surface area contributed by atoms with Crippen molar-refractivity contribution in [2.45, 2.75) is 40.0 Å². The number of fused-ring (bicyclic) bond motifs is 5. The maximum atomic E-state index is 2.50. The van der Waals surface area contributed by atoms with Crippen molar-refractivity contribution in [3.05, 3.63) is 210 Å². The maximum absolute atomic E-state index is 2.50. The Morgan fingerprint density at radius 1 is 0.481 bits per heavy atom. The summed E-state index contributed by atoms with van der Waals surface area (Å²) < 4.78 is 0. The summed E-state index contributed by atoms with van der Waals surface area (Å²) in [5.41, 5.74) is 17.1. The van der Waals surface area contributed by atoms with Gasteiger partial charge in [0.1, 0.15) is 0 Å². The van der Waals surface area contributed by atoms with Crippen LogP contribution in [0.3, 0.4) is 0 Å². The number of allylic oxidation sites excluding steroid dienone is 3. The van der Waals surface area contributed by atoms with E-state index in [0.29, 0.717) is 5.92 Å². The maximum Gasteiger partial charge on any atom is -0.00870 e. The molecular weight excluding hydrogens is 668 g/mol. The third kappa shape index (κ3) is 6.80. The summed E-state index contributed by atoms with van der Waals surface area (Å²) in [6.45, 7) is 7.19. The van der Waals surface area contributed by atoms with Crippen molar-refractivity contribution in [1.82, 2.24) is 0 Å². The van der Waals surface area contributed by atoms with Crippen LogP contribution >= 0.6 is 6.89 Å². The predicted molar refractivity (Wildman–Crippen MR) is 239 cm³/mol. The lowest BCUT2D eigenvalue weighted by atomic mass is 9.89. The summed E-state index contributed by atoms with van der Waals surface area (Å²) in [7, 11) is 0. The molecule has 0 N–H and O–H groups in total. The lowest BCUT2D eigenvalue weighted by Crippen LogP contribution is -2.11. The molecule has 0 fully saturated rings. The zero-order chi connectivity index (χ0) is 37.1. The van der Waals surface area contributed by atoms with E-state index >= 15 is 0 Å². The van der Waals surface area contributed by atoms with Gasteiger partial charge in [0.25, 0.3) is 0 Å². The van der Waals surface area contributed by atoms with E-state index < -0.39 is 6.89 Å². The molecular formula is C53H47P. The molecule has 54 heavy (non-hydrogen) atoms. The first kappa shape index (κ1) is 35.4. The standard InChI is InChI=1S/C36H27P.C17H20/c1-26-16-18-27(19-17-26)29-8-6-10-31(24-29)32-11-7-9-30(25-32)28-20-22-37(23-21-28)35-14-4-2-12-33(35)34-13-3-5-15-36(34)37;1-4-13(2)15-10-7-8-12-17(15)16-11-6-5-9-14(16)3/h2-25H,1H3;5-13H,4H2,1-3H3. The number of aryl methyl sites for hydroxylation is 2. The molecule has 1 spiro atoms. The van der Waals surface area contributed by atoms with E-state index in [4.69, 9.17) is 0 Å². The summed E-state index contributed by atoms with van der Waals surface area (Å²) in [5, 5.41) is 2.95. The van der Waals surface area contributed by atoms with Crippen LogP contribution in [0, 0.1) is 13.8 Å². The van der Waals surface area contributed by atoms with Crippen LogP contribution in [-0.2, 0) is 0 Å². The molecule has 0 radical (unpaired) electrons. The fourth-order valence-electron chi connectivity index (χ4n) is 7.96. The zero-order valence-electron chi connectivity index (χ0n) is 31.7. The van der Waals surface area contributed by atoms with Crippen LogP contribution in [-0.4, -0.2) is 5.80 Å². The molecule has 2 heterocycles. The highest BCUT2D eigenvalue weighted by atomic mass is 31.2. The topological polar surface area (TPSA) is 0 Å². The Morgan fingerprint density at radius 2 is 1.00 bits per heavy atom. The molecule has 0 saturated heterocycles. The molecule has 1 unspecified atom stereocenters. The van der Waals surface area contributed by atoms with Crippen molar-refractivity contribution in [1.29, 1.82) is 0 Å². The van der Waals surface area contributed by atoms with E-state index in [-0.39, 0.29) is 0 Å². The van der Waals surface area contributed by atoms with Gasteiger partial charge in [-0.3, -0.25) is 0 Å². The van der Waals surface area contributed by atoms with Crippen molar-refractivity contribution >= 4 is 28.9 Å². The van der Waals surface area contributed by atoms with Gasteiger partial charge in [-0.2, -0.15) is 0 Å². The Kier molecular flexibility index (Phi) is 10.1. The molecule has 0 saturated carbocycles. The highest BCUT2D eigenvalue weighted by Crippen LogP contribution is 2.56. The van der Waals surface area contributed by atoms with E-state index in [2.05, 4.69) is 221 Å². The summed E-state index contributed by atoms with van der Waals surface area (Å²) >= 11 is 0. The van der Waals surface area contributed by atoms with Crippen LogP contribution in [0.2, 0.25) is 0 Å². The molecule has 2 aliphatic rings. The molecule has 1 atom stereocenters. The Labute approximate surface area is 322 Å². The zero-order valence-corrected chi connectivity index (χ0v) is 32.6. The van der Waals surface area contributed by atoms with Crippen molar-refractivity contribution < 1.29 is 0 Å². The number of hydrogen-bond acceptors (Lipinski definition) is 0. The van der Waals surface area contributed by atoms with Crippen LogP contribution in [0.1, 0.15) is 48.4 Å². The predicted octanol–water partition coefficient (Wildman–Crippen LogP) is 13.9. The summed E-state index contributed by atoms with van der Waals surface area (Å²) in [6, 6.07) is 61.9. The second-order valence-electron chi connectivity index (χ2n) is 14.6. The Hall–Kier alpha value is -5.68. The molecule has 7 aromatic rings. The summed E-state index contributed by atoms with van der Waals surface area (Å²) in [6.07, 6.45) is 5.89. The average molecular weight is 715 g/mol. The van der Waals surface area contributed by atoms with Gasteiger partial charge in [0.2, 0.25) is 0 Å². The van der Waals surface area contributed by atoms with Gasteiger partial charge in [0.15, 0.2) is 0 Å². The van der Waals surface area contributed by atoms with E-state index in [1.807, 2.05) is 0 Å².